The van der Waals surface area contributed by atoms with Crippen molar-refractivity contribution in [2.24, 2.45) is 5.73 Å². The number of allylic oxidation sites excluding steroid dienone is 1. The summed E-state index contributed by atoms with van der Waals surface area (Å²) in [5, 5.41) is 0. The number of nitrogens with two attached hydrogens (primary N) is 1. The smallest absolute Gasteiger partial charge is 0.0181 e. The van der Waals surface area contributed by atoms with Crippen LogP contribution in [0.3, 0.4) is 0 Å². The van der Waals surface area contributed by atoms with Crippen molar-refractivity contribution >= 4 is 5.57 Å². The second-order valence-corrected chi connectivity index (χ2v) is 4.08. The maximum Gasteiger partial charge on any atom is 0.0181 e. The summed E-state index contributed by atoms with van der Waals surface area (Å²) in [6.07, 6.45) is 4.59. The van der Waals surface area contributed by atoms with Gasteiger partial charge in [-0.3, -0.25) is 0 Å². The second kappa shape index (κ2) is 3.58. The van der Waals surface area contributed by atoms with Crippen molar-refractivity contribution in [3.05, 3.63) is 40.5 Å². The van der Waals surface area contributed by atoms with E-state index in [9.17, 15) is 0 Å². The van der Waals surface area contributed by atoms with Crippen LogP contribution in [0, 0.1) is 13.8 Å². The van der Waals surface area contributed by atoms with Crippen LogP contribution in [-0.2, 0) is 6.42 Å². The monoisotopic (exact) mass is 187 g/mol. The summed E-state index contributed by atoms with van der Waals surface area (Å²) in [5.74, 6) is 0. The van der Waals surface area contributed by atoms with E-state index in [-0.39, 0.29) is 0 Å². The minimum Gasteiger partial charge on any atom is -0.326 e. The molecule has 0 bridgehead atoms. The van der Waals surface area contributed by atoms with Gasteiger partial charge in [-0.1, -0.05) is 23.8 Å². The Morgan fingerprint density at radius 2 is 2.07 bits per heavy atom. The second-order valence-electron chi connectivity index (χ2n) is 4.08. The molecule has 0 heterocycles. The maximum absolute atomic E-state index is 5.75. The molecular formula is C13H17N. The summed E-state index contributed by atoms with van der Waals surface area (Å²) in [6.45, 7) is 5.01. The molecular weight excluding hydrogens is 170 g/mol. The van der Waals surface area contributed by atoms with Crippen LogP contribution in [0.4, 0.5) is 0 Å². The lowest BCUT2D eigenvalue weighted by atomic mass is 9.86. The van der Waals surface area contributed by atoms with Gasteiger partial charge in [0, 0.05) is 6.54 Å². The van der Waals surface area contributed by atoms with Gasteiger partial charge in [0.05, 0.1) is 0 Å². The summed E-state index contributed by atoms with van der Waals surface area (Å²) >= 11 is 0. The lowest BCUT2D eigenvalue weighted by molar-refractivity contribution is 0.951. The van der Waals surface area contributed by atoms with Crippen LogP contribution >= 0.6 is 0 Å². The molecule has 14 heavy (non-hydrogen) atoms. The molecule has 1 nitrogen and oxygen atoms in total. The Morgan fingerprint density at radius 3 is 2.79 bits per heavy atom. The molecule has 0 fully saturated rings. The molecule has 0 atom stereocenters. The van der Waals surface area contributed by atoms with Gasteiger partial charge in [0.2, 0.25) is 0 Å². The number of fused-ring (bicyclic) bond motifs is 1. The Morgan fingerprint density at radius 1 is 1.29 bits per heavy atom. The van der Waals surface area contributed by atoms with E-state index in [1.165, 1.54) is 34.2 Å². The highest BCUT2D eigenvalue weighted by molar-refractivity contribution is 5.72. The predicted molar refractivity (Wildman–Crippen MR) is 61.3 cm³/mol. The molecule has 0 aromatic heterocycles. The van der Waals surface area contributed by atoms with Gasteiger partial charge < -0.3 is 5.73 Å². The normalized spacial score (nSPS) is 14.9. The molecule has 1 aromatic carbocycles. The quantitative estimate of drug-likeness (QED) is 0.718. The van der Waals surface area contributed by atoms with Gasteiger partial charge in [-0.2, -0.15) is 0 Å². The molecule has 1 aromatic rings. The van der Waals surface area contributed by atoms with Crippen molar-refractivity contribution in [2.75, 3.05) is 6.54 Å². The Kier molecular flexibility index (Phi) is 2.42. The van der Waals surface area contributed by atoms with Crippen molar-refractivity contribution in [3.63, 3.8) is 0 Å². The zero-order valence-electron chi connectivity index (χ0n) is 8.93. The van der Waals surface area contributed by atoms with Gasteiger partial charge in [-0.25, -0.2) is 0 Å². The SMILES string of the molecule is Cc1cc(C)c2c(c1)C(CN)=CCC2. The molecule has 1 aliphatic carbocycles. The first-order valence-corrected chi connectivity index (χ1v) is 5.22. The Hall–Kier alpha value is -1.08. The molecule has 0 unspecified atom stereocenters. The van der Waals surface area contributed by atoms with Crippen molar-refractivity contribution in [3.8, 4) is 0 Å². The third kappa shape index (κ3) is 1.48. The van der Waals surface area contributed by atoms with E-state index in [1.807, 2.05) is 0 Å². The Labute approximate surface area is 85.6 Å². The predicted octanol–water partition coefficient (Wildman–Crippen LogP) is 2.59. The average molecular weight is 187 g/mol. The van der Waals surface area contributed by atoms with Gasteiger partial charge in [-0.15, -0.1) is 0 Å². The number of aryl methyl sites for hydroxylation is 2. The van der Waals surface area contributed by atoms with Crippen LogP contribution in [0.5, 0.6) is 0 Å². The van der Waals surface area contributed by atoms with Crippen molar-refractivity contribution in [2.45, 2.75) is 26.7 Å². The fourth-order valence-electron chi connectivity index (χ4n) is 2.31. The first-order chi connectivity index (χ1) is 6.72. The summed E-state index contributed by atoms with van der Waals surface area (Å²) in [4.78, 5) is 0. The van der Waals surface area contributed by atoms with E-state index in [0.717, 1.165) is 6.42 Å². The Bertz CT molecular complexity index is 388. The third-order valence-electron chi connectivity index (χ3n) is 2.97. The molecule has 2 N–H and O–H groups in total. The van der Waals surface area contributed by atoms with Gasteiger partial charge >= 0.3 is 0 Å². The van der Waals surface area contributed by atoms with Crippen LogP contribution in [0.1, 0.15) is 28.7 Å². The molecule has 2 rings (SSSR count). The maximum atomic E-state index is 5.75. The topological polar surface area (TPSA) is 26.0 Å². The molecule has 74 valence electrons. The van der Waals surface area contributed by atoms with Gasteiger partial charge in [0.1, 0.15) is 0 Å². The molecule has 0 saturated heterocycles. The summed E-state index contributed by atoms with van der Waals surface area (Å²) in [7, 11) is 0. The first-order valence-electron chi connectivity index (χ1n) is 5.22. The minimum atomic E-state index is 0.663. The van der Waals surface area contributed by atoms with Crippen LogP contribution < -0.4 is 5.73 Å². The molecule has 1 aliphatic rings. The highest BCUT2D eigenvalue weighted by Gasteiger charge is 2.13. The fourth-order valence-corrected chi connectivity index (χ4v) is 2.31. The zero-order valence-corrected chi connectivity index (χ0v) is 8.93. The highest BCUT2D eigenvalue weighted by Crippen LogP contribution is 2.29. The summed E-state index contributed by atoms with van der Waals surface area (Å²) in [6, 6.07) is 4.53. The number of hydrogen-bond donors (Lipinski definition) is 1. The first kappa shape index (κ1) is 9.47. The number of rotatable bonds is 1. The standard InChI is InChI=1S/C13H17N/c1-9-6-10(2)12-5-3-4-11(8-14)13(12)7-9/h4,6-7H,3,5,8,14H2,1-2H3. The van der Waals surface area contributed by atoms with Crippen molar-refractivity contribution < 1.29 is 0 Å². The largest absolute Gasteiger partial charge is 0.326 e. The molecule has 0 radical (unpaired) electrons. The minimum absolute atomic E-state index is 0.663. The van der Waals surface area contributed by atoms with E-state index in [1.54, 1.807) is 0 Å². The fraction of sp³-hybridized carbons (Fsp3) is 0.385. The van der Waals surface area contributed by atoms with Gasteiger partial charge in [0.15, 0.2) is 0 Å². The lowest BCUT2D eigenvalue weighted by Gasteiger charge is -2.19. The van der Waals surface area contributed by atoms with Crippen molar-refractivity contribution in [1.82, 2.24) is 0 Å². The molecule has 0 aliphatic heterocycles. The van der Waals surface area contributed by atoms with E-state index in [0.29, 0.717) is 6.54 Å². The van der Waals surface area contributed by atoms with Crippen LogP contribution in [0.25, 0.3) is 5.57 Å². The van der Waals surface area contributed by atoms with Crippen LogP contribution in [0.2, 0.25) is 0 Å². The highest BCUT2D eigenvalue weighted by atomic mass is 14.5. The van der Waals surface area contributed by atoms with Crippen LogP contribution in [0.15, 0.2) is 18.2 Å². The Balaban J connectivity index is 2.60. The zero-order chi connectivity index (χ0) is 10.1. The third-order valence-corrected chi connectivity index (χ3v) is 2.97. The molecule has 0 spiro atoms. The average Bonchev–Trinajstić information content (AvgIpc) is 2.17. The van der Waals surface area contributed by atoms with Gasteiger partial charge in [-0.05, 0) is 49.0 Å². The summed E-state index contributed by atoms with van der Waals surface area (Å²) < 4.78 is 0. The lowest BCUT2D eigenvalue weighted by Crippen LogP contribution is -2.10. The number of benzene rings is 1. The molecule has 1 heteroatoms. The van der Waals surface area contributed by atoms with Gasteiger partial charge in [0.25, 0.3) is 0 Å². The van der Waals surface area contributed by atoms with Crippen molar-refractivity contribution in [1.29, 1.82) is 0 Å². The van der Waals surface area contributed by atoms with E-state index in [4.69, 9.17) is 5.73 Å². The summed E-state index contributed by atoms with van der Waals surface area (Å²) in [5.41, 5.74) is 12.7. The molecule has 0 amide bonds. The number of hydrogen-bond acceptors (Lipinski definition) is 1. The van der Waals surface area contributed by atoms with E-state index < -0.39 is 0 Å². The molecule has 0 saturated carbocycles. The van der Waals surface area contributed by atoms with E-state index in [2.05, 4.69) is 32.1 Å². The van der Waals surface area contributed by atoms with Crippen LogP contribution in [-0.4, -0.2) is 6.54 Å². The van der Waals surface area contributed by atoms with E-state index >= 15 is 0 Å².